The molecule has 0 bridgehead atoms. The lowest BCUT2D eigenvalue weighted by Gasteiger charge is -2.45. The normalized spacial score (nSPS) is 20.5. The Balaban J connectivity index is 1.99. The monoisotopic (exact) mass is 311 g/mol. The molecule has 1 saturated heterocycles. The second kappa shape index (κ2) is 6.37. The van der Waals surface area contributed by atoms with Gasteiger partial charge in [0.1, 0.15) is 0 Å². The van der Waals surface area contributed by atoms with Gasteiger partial charge in [0.2, 0.25) is 0 Å². The summed E-state index contributed by atoms with van der Waals surface area (Å²) in [6.07, 6.45) is 1.46. The summed E-state index contributed by atoms with van der Waals surface area (Å²) >= 11 is 1.85. The molecule has 120 valence electrons. The maximum absolute atomic E-state index is 10.9. The molecule has 0 aliphatic carbocycles. The Morgan fingerprint density at radius 2 is 2.00 bits per heavy atom. The van der Waals surface area contributed by atoms with Crippen LogP contribution in [0.15, 0.2) is 6.07 Å². The second-order valence-corrected chi connectivity index (χ2v) is 8.46. The molecule has 0 radical (unpaired) electrons. The van der Waals surface area contributed by atoms with Crippen LogP contribution in [0.3, 0.4) is 0 Å². The zero-order valence-electron chi connectivity index (χ0n) is 14.0. The first-order valence-corrected chi connectivity index (χ1v) is 8.67. The van der Waals surface area contributed by atoms with Gasteiger partial charge in [0.25, 0.3) is 0 Å². The summed E-state index contributed by atoms with van der Waals surface area (Å²) in [7, 11) is 0. The fourth-order valence-corrected chi connectivity index (χ4v) is 4.17. The number of rotatable bonds is 5. The molecular formula is C17H29NO2S. The van der Waals surface area contributed by atoms with Crippen molar-refractivity contribution in [1.82, 2.24) is 5.32 Å². The number of hydrogen-bond donors (Lipinski definition) is 2. The zero-order valence-corrected chi connectivity index (χ0v) is 14.8. The highest BCUT2D eigenvalue weighted by Gasteiger charge is 2.44. The summed E-state index contributed by atoms with van der Waals surface area (Å²) < 4.78 is 5.39. The standard InChI is InChI=1S/C17H29NO2S/c1-12-10-15(14(3)21-12)13(2)18-11-16(4,5)17(19)6-8-20-9-7-17/h10,13,18-19H,6-9,11H2,1-5H3. The van der Waals surface area contributed by atoms with Crippen LogP contribution in [-0.4, -0.2) is 30.5 Å². The number of aryl methyl sites for hydroxylation is 2. The quantitative estimate of drug-likeness (QED) is 0.873. The molecule has 1 fully saturated rings. The summed E-state index contributed by atoms with van der Waals surface area (Å²) in [5, 5.41) is 14.5. The summed E-state index contributed by atoms with van der Waals surface area (Å²) in [6.45, 7) is 13.0. The van der Waals surface area contributed by atoms with E-state index in [4.69, 9.17) is 4.74 Å². The Bertz CT molecular complexity index is 475. The molecular weight excluding hydrogens is 282 g/mol. The van der Waals surface area contributed by atoms with Crippen LogP contribution in [-0.2, 0) is 4.74 Å². The van der Waals surface area contributed by atoms with Crippen LogP contribution >= 0.6 is 11.3 Å². The Morgan fingerprint density at radius 1 is 1.38 bits per heavy atom. The van der Waals surface area contributed by atoms with E-state index in [1.54, 1.807) is 0 Å². The molecule has 21 heavy (non-hydrogen) atoms. The van der Waals surface area contributed by atoms with E-state index in [-0.39, 0.29) is 5.41 Å². The first-order chi connectivity index (χ1) is 9.75. The predicted octanol–water partition coefficient (Wildman–Crippen LogP) is 3.58. The molecule has 4 heteroatoms. The SMILES string of the molecule is Cc1cc(C(C)NCC(C)(C)C2(O)CCOCC2)c(C)s1. The predicted molar refractivity (Wildman–Crippen MR) is 89.0 cm³/mol. The molecule has 0 spiro atoms. The third-order valence-electron chi connectivity index (χ3n) is 4.98. The number of hydrogen-bond acceptors (Lipinski definition) is 4. The number of nitrogens with one attached hydrogen (secondary N) is 1. The minimum absolute atomic E-state index is 0.163. The van der Waals surface area contributed by atoms with E-state index in [9.17, 15) is 5.11 Å². The third kappa shape index (κ3) is 3.67. The van der Waals surface area contributed by atoms with Gasteiger partial charge in [-0.25, -0.2) is 0 Å². The van der Waals surface area contributed by atoms with Crippen LogP contribution in [0.1, 0.15) is 55.0 Å². The largest absolute Gasteiger partial charge is 0.389 e. The Hall–Kier alpha value is -0.420. The lowest BCUT2D eigenvalue weighted by atomic mass is 9.70. The van der Waals surface area contributed by atoms with Gasteiger partial charge in [-0.2, -0.15) is 0 Å². The zero-order chi connectivity index (χ0) is 15.7. The van der Waals surface area contributed by atoms with Gasteiger partial charge in [-0.05, 0) is 32.4 Å². The molecule has 1 atom stereocenters. The van der Waals surface area contributed by atoms with Gasteiger partial charge in [-0.15, -0.1) is 11.3 Å². The highest BCUT2D eigenvalue weighted by Crippen LogP contribution is 2.38. The lowest BCUT2D eigenvalue weighted by Crippen LogP contribution is -2.53. The molecule has 1 aromatic rings. The molecule has 1 aliphatic heterocycles. The summed E-state index contributed by atoms with van der Waals surface area (Å²) in [6, 6.07) is 2.59. The fraction of sp³-hybridized carbons (Fsp3) is 0.765. The van der Waals surface area contributed by atoms with Gasteiger partial charge in [-0.1, -0.05) is 13.8 Å². The summed E-state index contributed by atoms with van der Waals surface area (Å²) in [4.78, 5) is 2.74. The average Bonchev–Trinajstić information content (AvgIpc) is 2.76. The third-order valence-corrected chi connectivity index (χ3v) is 5.96. The molecule has 1 aromatic heterocycles. The minimum atomic E-state index is -0.627. The number of thiophene rings is 1. The maximum Gasteiger partial charge on any atom is 0.0754 e. The van der Waals surface area contributed by atoms with Gasteiger partial charge >= 0.3 is 0 Å². The first kappa shape index (κ1) is 16.9. The van der Waals surface area contributed by atoms with Crippen molar-refractivity contribution < 1.29 is 9.84 Å². The van der Waals surface area contributed by atoms with E-state index in [1.165, 1.54) is 15.3 Å². The molecule has 2 N–H and O–H groups in total. The molecule has 1 aliphatic rings. The van der Waals surface area contributed by atoms with Crippen LogP contribution in [0.5, 0.6) is 0 Å². The maximum atomic E-state index is 10.9. The lowest BCUT2D eigenvalue weighted by molar-refractivity contribution is -0.131. The van der Waals surface area contributed by atoms with Crippen LogP contribution in [0.25, 0.3) is 0 Å². The smallest absolute Gasteiger partial charge is 0.0754 e. The van der Waals surface area contributed by atoms with Gasteiger partial charge in [0, 0.05) is 53.8 Å². The molecule has 2 heterocycles. The number of aliphatic hydroxyl groups is 1. The summed E-state index contributed by atoms with van der Waals surface area (Å²) in [5.41, 5.74) is 0.592. The van der Waals surface area contributed by atoms with Gasteiger partial charge in [0.15, 0.2) is 0 Å². The van der Waals surface area contributed by atoms with Crippen molar-refractivity contribution in [3.63, 3.8) is 0 Å². The van der Waals surface area contributed by atoms with Crippen molar-refractivity contribution in [2.75, 3.05) is 19.8 Å². The molecule has 0 saturated carbocycles. The minimum Gasteiger partial charge on any atom is -0.389 e. The molecule has 3 nitrogen and oxygen atoms in total. The van der Waals surface area contributed by atoms with Crippen molar-refractivity contribution in [1.29, 1.82) is 0 Å². The van der Waals surface area contributed by atoms with Crippen LogP contribution < -0.4 is 5.32 Å². The van der Waals surface area contributed by atoms with E-state index < -0.39 is 5.60 Å². The van der Waals surface area contributed by atoms with E-state index >= 15 is 0 Å². The van der Waals surface area contributed by atoms with Crippen molar-refractivity contribution in [2.45, 2.75) is 59.1 Å². The van der Waals surface area contributed by atoms with E-state index in [2.05, 4.69) is 46.0 Å². The summed E-state index contributed by atoms with van der Waals surface area (Å²) in [5.74, 6) is 0. The fourth-order valence-electron chi connectivity index (χ4n) is 3.15. The topological polar surface area (TPSA) is 41.5 Å². The first-order valence-electron chi connectivity index (χ1n) is 7.86. The Labute approximate surface area is 132 Å². The van der Waals surface area contributed by atoms with Crippen molar-refractivity contribution in [3.05, 3.63) is 21.4 Å². The molecule has 0 aromatic carbocycles. The van der Waals surface area contributed by atoms with Crippen molar-refractivity contribution in [3.8, 4) is 0 Å². The molecule has 2 rings (SSSR count). The average molecular weight is 311 g/mol. The van der Waals surface area contributed by atoms with Crippen LogP contribution in [0.4, 0.5) is 0 Å². The van der Waals surface area contributed by atoms with Crippen LogP contribution in [0, 0.1) is 19.3 Å². The van der Waals surface area contributed by atoms with Gasteiger partial charge in [0.05, 0.1) is 5.60 Å². The molecule has 1 unspecified atom stereocenters. The highest BCUT2D eigenvalue weighted by atomic mass is 32.1. The Kier molecular flexibility index (Phi) is 5.14. The van der Waals surface area contributed by atoms with Crippen LogP contribution in [0.2, 0.25) is 0 Å². The van der Waals surface area contributed by atoms with Gasteiger partial charge < -0.3 is 15.2 Å². The number of ether oxygens (including phenoxy) is 1. The van der Waals surface area contributed by atoms with Gasteiger partial charge in [-0.3, -0.25) is 0 Å². The highest BCUT2D eigenvalue weighted by molar-refractivity contribution is 7.12. The molecule has 0 amide bonds. The van der Waals surface area contributed by atoms with E-state index in [0.29, 0.717) is 19.3 Å². The van der Waals surface area contributed by atoms with Crippen molar-refractivity contribution in [2.24, 2.45) is 5.41 Å². The second-order valence-electron chi connectivity index (χ2n) is 7.00. The van der Waals surface area contributed by atoms with E-state index in [0.717, 1.165) is 19.4 Å². The Morgan fingerprint density at radius 3 is 2.52 bits per heavy atom. The van der Waals surface area contributed by atoms with Crippen molar-refractivity contribution >= 4 is 11.3 Å². The van der Waals surface area contributed by atoms with E-state index in [1.807, 2.05) is 11.3 Å².